The van der Waals surface area contributed by atoms with Crippen LogP contribution in [-0.4, -0.2) is 19.1 Å². The van der Waals surface area contributed by atoms with E-state index in [2.05, 4.69) is 19.3 Å². The fourth-order valence-electron chi connectivity index (χ4n) is 3.62. The maximum Gasteiger partial charge on any atom is 0.125 e. The van der Waals surface area contributed by atoms with E-state index in [0.717, 1.165) is 25.2 Å². The zero-order valence-corrected chi connectivity index (χ0v) is 13.7. The van der Waals surface area contributed by atoms with Crippen molar-refractivity contribution < 1.29 is 4.74 Å². The number of hydrogen-bond donors (Lipinski definition) is 1. The van der Waals surface area contributed by atoms with E-state index in [4.69, 9.17) is 9.72 Å². The maximum absolute atomic E-state index is 5.99. The van der Waals surface area contributed by atoms with Crippen LogP contribution in [0, 0.1) is 5.92 Å². The average Bonchev–Trinajstić information content (AvgIpc) is 2.93. The summed E-state index contributed by atoms with van der Waals surface area (Å²) in [6.07, 6.45) is 8.39. The van der Waals surface area contributed by atoms with Crippen molar-refractivity contribution in [2.75, 3.05) is 14.2 Å². The molecule has 1 saturated carbocycles. The molecule has 0 saturated heterocycles. The molecule has 2 aliphatic rings. The smallest absolute Gasteiger partial charge is 0.125 e. The highest BCUT2D eigenvalue weighted by molar-refractivity contribution is 7.12. The number of aryl methyl sites for hydroxylation is 1. The fourth-order valence-corrected chi connectivity index (χ4v) is 5.10. The van der Waals surface area contributed by atoms with Crippen LogP contribution in [0.5, 0.6) is 0 Å². The Kier molecular flexibility index (Phi) is 4.16. The summed E-state index contributed by atoms with van der Waals surface area (Å²) in [5, 5.41) is 4.68. The molecule has 20 heavy (non-hydrogen) atoms. The zero-order chi connectivity index (χ0) is 14.2. The molecular formula is C16H26N2OS. The summed E-state index contributed by atoms with van der Waals surface area (Å²) < 4.78 is 5.99. The van der Waals surface area contributed by atoms with Crippen molar-refractivity contribution in [2.24, 2.45) is 5.92 Å². The Morgan fingerprint density at radius 2 is 2.05 bits per heavy atom. The topological polar surface area (TPSA) is 34.2 Å². The van der Waals surface area contributed by atoms with Gasteiger partial charge in [-0.15, -0.1) is 11.3 Å². The Labute approximate surface area is 126 Å². The van der Waals surface area contributed by atoms with Crippen LogP contribution in [0.15, 0.2) is 0 Å². The first-order chi connectivity index (χ1) is 9.68. The number of fused-ring (bicyclic) bond motifs is 1. The van der Waals surface area contributed by atoms with Crippen LogP contribution in [0.2, 0.25) is 0 Å². The molecular weight excluding hydrogens is 268 g/mol. The van der Waals surface area contributed by atoms with Gasteiger partial charge in [0.15, 0.2) is 0 Å². The van der Waals surface area contributed by atoms with Gasteiger partial charge in [0, 0.05) is 18.0 Å². The summed E-state index contributed by atoms with van der Waals surface area (Å²) in [6, 6.07) is 0.501. The minimum Gasteiger partial charge on any atom is -0.371 e. The molecule has 0 bridgehead atoms. The lowest BCUT2D eigenvalue weighted by Crippen LogP contribution is -2.33. The van der Waals surface area contributed by atoms with E-state index in [-0.39, 0.29) is 5.60 Å². The molecule has 1 aromatic rings. The molecule has 1 unspecified atom stereocenters. The largest absolute Gasteiger partial charge is 0.371 e. The van der Waals surface area contributed by atoms with Crippen molar-refractivity contribution >= 4 is 11.3 Å². The predicted octanol–water partition coefficient (Wildman–Crippen LogP) is 3.79. The second kappa shape index (κ2) is 5.74. The Morgan fingerprint density at radius 1 is 1.30 bits per heavy atom. The number of nitrogens with zero attached hydrogens (tertiary/aromatic N) is 1. The predicted molar refractivity (Wildman–Crippen MR) is 83.2 cm³/mol. The van der Waals surface area contributed by atoms with Crippen LogP contribution in [-0.2, 0) is 16.8 Å². The molecule has 0 aromatic carbocycles. The van der Waals surface area contributed by atoms with Crippen LogP contribution >= 0.6 is 11.3 Å². The van der Waals surface area contributed by atoms with Crippen LogP contribution in [0.3, 0.4) is 0 Å². The lowest BCUT2D eigenvalue weighted by molar-refractivity contribution is -0.0531. The van der Waals surface area contributed by atoms with Gasteiger partial charge in [0.2, 0.25) is 0 Å². The highest BCUT2D eigenvalue weighted by Gasteiger charge is 2.40. The Bertz CT molecular complexity index is 463. The van der Waals surface area contributed by atoms with Crippen molar-refractivity contribution in [3.8, 4) is 0 Å². The first-order valence-corrected chi connectivity index (χ1v) is 8.72. The van der Waals surface area contributed by atoms with Gasteiger partial charge in [0.1, 0.15) is 10.6 Å². The molecule has 0 radical (unpaired) electrons. The highest BCUT2D eigenvalue weighted by Crippen LogP contribution is 2.46. The van der Waals surface area contributed by atoms with E-state index in [1.165, 1.54) is 41.3 Å². The summed E-state index contributed by atoms with van der Waals surface area (Å²) >= 11 is 1.90. The lowest BCUT2D eigenvalue weighted by Gasteiger charge is -2.36. The van der Waals surface area contributed by atoms with Crippen LogP contribution < -0.4 is 5.32 Å². The molecule has 3 nitrogen and oxygen atoms in total. The number of aromatic nitrogens is 1. The lowest BCUT2D eigenvalue weighted by atomic mass is 9.80. The van der Waals surface area contributed by atoms with Crippen LogP contribution in [0.4, 0.5) is 0 Å². The monoisotopic (exact) mass is 294 g/mol. The van der Waals surface area contributed by atoms with Crippen molar-refractivity contribution in [1.29, 1.82) is 0 Å². The van der Waals surface area contributed by atoms with Gasteiger partial charge in [-0.2, -0.15) is 0 Å². The van der Waals surface area contributed by atoms with Gasteiger partial charge in [-0.25, -0.2) is 4.98 Å². The molecule has 1 heterocycles. The van der Waals surface area contributed by atoms with Crippen molar-refractivity contribution in [3.63, 3.8) is 0 Å². The fraction of sp³-hybridized carbons (Fsp3) is 0.812. The standard InChI is InChI=1S/C16H26N2OS/c1-11-7-9-16(19-3,10-8-11)15-18-13-6-4-5-12(17-2)14(13)20-15/h11-12,17H,4-10H2,1-3H3. The van der Waals surface area contributed by atoms with E-state index >= 15 is 0 Å². The maximum atomic E-state index is 5.99. The Morgan fingerprint density at radius 3 is 2.70 bits per heavy atom. The molecule has 1 fully saturated rings. The highest BCUT2D eigenvalue weighted by atomic mass is 32.1. The van der Waals surface area contributed by atoms with E-state index in [0.29, 0.717) is 6.04 Å². The third kappa shape index (κ3) is 2.42. The average molecular weight is 294 g/mol. The molecule has 1 N–H and O–H groups in total. The van der Waals surface area contributed by atoms with Crippen molar-refractivity contribution in [3.05, 3.63) is 15.6 Å². The SMILES string of the molecule is CNC1CCCc2nc(C3(OC)CCC(C)CC3)sc21. The third-order valence-electron chi connectivity index (χ3n) is 5.16. The van der Waals surface area contributed by atoms with Gasteiger partial charge in [-0.1, -0.05) is 6.92 Å². The van der Waals surface area contributed by atoms with Gasteiger partial charge in [0.25, 0.3) is 0 Å². The summed E-state index contributed by atoms with van der Waals surface area (Å²) in [6.45, 7) is 2.35. The summed E-state index contributed by atoms with van der Waals surface area (Å²) in [5.41, 5.74) is 1.22. The quantitative estimate of drug-likeness (QED) is 0.921. The molecule has 0 aliphatic heterocycles. The van der Waals surface area contributed by atoms with E-state index in [1.807, 2.05) is 18.4 Å². The number of rotatable bonds is 3. The molecule has 112 valence electrons. The first-order valence-electron chi connectivity index (χ1n) is 7.91. The minimum absolute atomic E-state index is 0.104. The third-order valence-corrected chi connectivity index (χ3v) is 6.56. The number of thiazole rings is 1. The second-order valence-electron chi connectivity index (χ2n) is 6.44. The second-order valence-corrected chi connectivity index (χ2v) is 7.48. The van der Waals surface area contributed by atoms with Crippen molar-refractivity contribution in [2.45, 2.75) is 63.5 Å². The zero-order valence-electron chi connectivity index (χ0n) is 12.9. The molecule has 1 aromatic heterocycles. The van der Waals surface area contributed by atoms with Crippen molar-refractivity contribution in [1.82, 2.24) is 10.3 Å². The Hall–Kier alpha value is -0.450. The van der Waals surface area contributed by atoms with Gasteiger partial charge in [-0.3, -0.25) is 0 Å². The Balaban J connectivity index is 1.91. The first kappa shape index (κ1) is 14.5. The molecule has 4 heteroatoms. The van der Waals surface area contributed by atoms with Crippen LogP contribution in [0.1, 0.15) is 67.1 Å². The van der Waals surface area contributed by atoms with Gasteiger partial charge in [-0.05, 0) is 57.9 Å². The molecule has 0 amide bonds. The molecule has 2 aliphatic carbocycles. The summed E-state index contributed by atoms with van der Waals surface area (Å²) in [4.78, 5) is 6.46. The summed E-state index contributed by atoms with van der Waals surface area (Å²) in [7, 11) is 3.93. The van der Waals surface area contributed by atoms with E-state index in [9.17, 15) is 0 Å². The van der Waals surface area contributed by atoms with Gasteiger partial charge < -0.3 is 10.1 Å². The molecule has 1 atom stereocenters. The number of ether oxygens (including phenoxy) is 1. The van der Waals surface area contributed by atoms with Crippen LogP contribution in [0.25, 0.3) is 0 Å². The van der Waals surface area contributed by atoms with Gasteiger partial charge >= 0.3 is 0 Å². The summed E-state index contributed by atoms with van der Waals surface area (Å²) in [5.74, 6) is 0.831. The van der Waals surface area contributed by atoms with E-state index < -0.39 is 0 Å². The number of hydrogen-bond acceptors (Lipinski definition) is 4. The number of methoxy groups -OCH3 is 1. The normalized spacial score (nSPS) is 34.0. The molecule has 3 rings (SSSR count). The number of nitrogens with one attached hydrogen (secondary N) is 1. The molecule has 0 spiro atoms. The minimum atomic E-state index is -0.104. The van der Waals surface area contributed by atoms with Gasteiger partial charge in [0.05, 0.1) is 5.69 Å². The van der Waals surface area contributed by atoms with E-state index in [1.54, 1.807) is 0 Å².